The summed E-state index contributed by atoms with van der Waals surface area (Å²) in [7, 11) is 0. The quantitative estimate of drug-likeness (QED) is 0.499. The van der Waals surface area contributed by atoms with E-state index in [9.17, 15) is 19.5 Å². The lowest BCUT2D eigenvalue weighted by molar-refractivity contribution is -0.301. The summed E-state index contributed by atoms with van der Waals surface area (Å²) in [6.45, 7) is 7.44. The smallest absolute Gasteiger partial charge is 0.303 e. The summed E-state index contributed by atoms with van der Waals surface area (Å²) in [5.41, 5.74) is 0. The van der Waals surface area contributed by atoms with E-state index in [-0.39, 0.29) is 19.1 Å². The third kappa shape index (κ3) is 6.97. The molecule has 1 aliphatic heterocycles. The van der Waals surface area contributed by atoms with E-state index in [1.807, 2.05) is 13.8 Å². The van der Waals surface area contributed by atoms with Gasteiger partial charge in [0.15, 0.2) is 18.5 Å². The standard InChI is InChI=1S/C16H26O9/c1-8(2)6-22-14-13(23-10(4)18)12(7-21-9(3)17)25-16(20)15(14)24-11(5)19/h8,12-16,20H,6-7H2,1-5H3/t12-,13-,14+,15-,16+/m1/s1. The van der Waals surface area contributed by atoms with Gasteiger partial charge in [0, 0.05) is 27.4 Å². The SMILES string of the molecule is CC(=O)OC[C@H]1O[C@H](O)[C@H](OC(C)=O)[C@@H](OCC(C)C)[C@@H]1OC(C)=O. The molecule has 0 bridgehead atoms. The molecular weight excluding hydrogens is 336 g/mol. The lowest BCUT2D eigenvalue weighted by Gasteiger charge is -2.43. The van der Waals surface area contributed by atoms with Gasteiger partial charge in [-0.15, -0.1) is 0 Å². The van der Waals surface area contributed by atoms with E-state index in [1.165, 1.54) is 20.8 Å². The lowest BCUT2D eigenvalue weighted by Crippen LogP contribution is -2.62. The molecule has 0 unspecified atom stereocenters. The van der Waals surface area contributed by atoms with Crippen LogP contribution in [-0.4, -0.2) is 66.9 Å². The Labute approximate surface area is 146 Å². The molecule has 25 heavy (non-hydrogen) atoms. The van der Waals surface area contributed by atoms with Gasteiger partial charge in [-0.05, 0) is 5.92 Å². The molecule has 144 valence electrons. The zero-order chi connectivity index (χ0) is 19.1. The number of hydrogen-bond acceptors (Lipinski definition) is 9. The minimum atomic E-state index is -1.52. The fraction of sp³-hybridized carbons (Fsp3) is 0.812. The Morgan fingerprint density at radius 3 is 2.00 bits per heavy atom. The average Bonchev–Trinajstić information content (AvgIpc) is 2.46. The van der Waals surface area contributed by atoms with Crippen molar-refractivity contribution in [1.82, 2.24) is 0 Å². The minimum absolute atomic E-state index is 0.142. The van der Waals surface area contributed by atoms with Crippen molar-refractivity contribution in [3.8, 4) is 0 Å². The van der Waals surface area contributed by atoms with Gasteiger partial charge in [0.2, 0.25) is 0 Å². The van der Waals surface area contributed by atoms with Crippen molar-refractivity contribution in [2.75, 3.05) is 13.2 Å². The van der Waals surface area contributed by atoms with Crippen LogP contribution >= 0.6 is 0 Å². The molecule has 1 fully saturated rings. The molecular formula is C16H26O9. The average molecular weight is 362 g/mol. The fourth-order valence-corrected chi connectivity index (χ4v) is 2.37. The van der Waals surface area contributed by atoms with Crippen LogP contribution in [0.25, 0.3) is 0 Å². The van der Waals surface area contributed by atoms with Crippen LogP contribution in [0.15, 0.2) is 0 Å². The summed E-state index contributed by atoms with van der Waals surface area (Å²) in [5, 5.41) is 10.2. The molecule has 1 rings (SSSR count). The summed E-state index contributed by atoms with van der Waals surface area (Å²) in [6.07, 6.45) is -5.67. The van der Waals surface area contributed by atoms with E-state index >= 15 is 0 Å². The highest BCUT2D eigenvalue weighted by molar-refractivity contribution is 5.67. The minimum Gasteiger partial charge on any atom is -0.463 e. The number of aliphatic hydroxyl groups excluding tert-OH is 1. The second kappa shape index (κ2) is 9.69. The molecule has 0 aromatic rings. The van der Waals surface area contributed by atoms with Crippen molar-refractivity contribution >= 4 is 17.9 Å². The van der Waals surface area contributed by atoms with Crippen molar-refractivity contribution in [1.29, 1.82) is 0 Å². The Kier molecular flexibility index (Phi) is 8.27. The molecule has 0 amide bonds. The van der Waals surface area contributed by atoms with E-state index in [0.29, 0.717) is 0 Å². The number of ether oxygens (including phenoxy) is 5. The van der Waals surface area contributed by atoms with Crippen LogP contribution in [-0.2, 0) is 38.1 Å². The zero-order valence-corrected chi connectivity index (χ0v) is 15.1. The summed E-state index contributed by atoms with van der Waals surface area (Å²) >= 11 is 0. The molecule has 1 saturated heterocycles. The predicted octanol–water partition coefficient (Wildman–Crippen LogP) is 0.171. The second-order valence-corrected chi connectivity index (χ2v) is 6.21. The van der Waals surface area contributed by atoms with Crippen LogP contribution in [0.5, 0.6) is 0 Å². The van der Waals surface area contributed by atoms with Gasteiger partial charge in [0.05, 0.1) is 0 Å². The van der Waals surface area contributed by atoms with Crippen molar-refractivity contribution < 1.29 is 43.2 Å². The van der Waals surface area contributed by atoms with Crippen LogP contribution in [0.4, 0.5) is 0 Å². The third-order valence-electron chi connectivity index (χ3n) is 3.29. The lowest BCUT2D eigenvalue weighted by atomic mass is 9.98. The molecule has 0 aromatic heterocycles. The van der Waals surface area contributed by atoms with Crippen LogP contribution in [0.3, 0.4) is 0 Å². The monoisotopic (exact) mass is 362 g/mol. The number of rotatable bonds is 7. The van der Waals surface area contributed by atoms with Crippen molar-refractivity contribution in [2.24, 2.45) is 5.92 Å². The molecule has 1 N–H and O–H groups in total. The highest BCUT2D eigenvalue weighted by Gasteiger charge is 2.50. The van der Waals surface area contributed by atoms with Crippen molar-refractivity contribution in [3.63, 3.8) is 0 Å². The summed E-state index contributed by atoms with van der Waals surface area (Å²) < 4.78 is 26.3. The number of aliphatic hydroxyl groups is 1. The molecule has 1 heterocycles. The van der Waals surface area contributed by atoms with E-state index < -0.39 is 48.6 Å². The fourth-order valence-electron chi connectivity index (χ4n) is 2.37. The molecule has 1 aliphatic rings. The van der Waals surface area contributed by atoms with Crippen LogP contribution in [0.2, 0.25) is 0 Å². The largest absolute Gasteiger partial charge is 0.463 e. The first-order valence-electron chi connectivity index (χ1n) is 8.04. The second-order valence-electron chi connectivity index (χ2n) is 6.21. The highest BCUT2D eigenvalue weighted by atomic mass is 16.7. The normalized spacial score (nSPS) is 29.2. The molecule has 0 radical (unpaired) electrons. The van der Waals surface area contributed by atoms with Gasteiger partial charge in [-0.2, -0.15) is 0 Å². The van der Waals surface area contributed by atoms with Gasteiger partial charge in [-0.1, -0.05) is 13.8 Å². The van der Waals surface area contributed by atoms with Gasteiger partial charge in [-0.3, -0.25) is 14.4 Å². The predicted molar refractivity (Wildman–Crippen MR) is 83.2 cm³/mol. The van der Waals surface area contributed by atoms with Crippen molar-refractivity contribution in [3.05, 3.63) is 0 Å². The number of esters is 3. The summed E-state index contributed by atoms with van der Waals surface area (Å²) in [6, 6.07) is 0. The van der Waals surface area contributed by atoms with Gasteiger partial charge < -0.3 is 28.8 Å². The zero-order valence-electron chi connectivity index (χ0n) is 15.1. The number of carbonyl (C=O) groups is 3. The molecule has 5 atom stereocenters. The van der Waals surface area contributed by atoms with Gasteiger partial charge >= 0.3 is 17.9 Å². The van der Waals surface area contributed by atoms with Gasteiger partial charge in [-0.25, -0.2) is 0 Å². The highest BCUT2D eigenvalue weighted by Crippen LogP contribution is 2.28. The van der Waals surface area contributed by atoms with E-state index in [0.717, 1.165) is 0 Å². The Hall–Kier alpha value is -1.71. The van der Waals surface area contributed by atoms with E-state index in [1.54, 1.807) is 0 Å². The first-order valence-corrected chi connectivity index (χ1v) is 8.04. The maximum Gasteiger partial charge on any atom is 0.303 e. The molecule has 0 aromatic carbocycles. The van der Waals surface area contributed by atoms with Crippen LogP contribution < -0.4 is 0 Å². The van der Waals surface area contributed by atoms with E-state index in [4.69, 9.17) is 23.7 Å². The number of hydrogen-bond donors (Lipinski definition) is 1. The number of carbonyl (C=O) groups excluding carboxylic acids is 3. The molecule has 0 aliphatic carbocycles. The van der Waals surface area contributed by atoms with Crippen LogP contribution in [0, 0.1) is 5.92 Å². The molecule has 0 saturated carbocycles. The molecule has 9 heteroatoms. The van der Waals surface area contributed by atoms with Crippen LogP contribution in [0.1, 0.15) is 34.6 Å². The Balaban J connectivity index is 3.07. The maximum absolute atomic E-state index is 11.5. The third-order valence-corrected chi connectivity index (χ3v) is 3.29. The Morgan fingerprint density at radius 1 is 0.960 bits per heavy atom. The first-order chi connectivity index (χ1) is 11.6. The summed E-state index contributed by atoms with van der Waals surface area (Å²) in [5.74, 6) is -1.67. The van der Waals surface area contributed by atoms with Crippen molar-refractivity contribution in [2.45, 2.75) is 65.3 Å². The first kappa shape index (κ1) is 21.3. The van der Waals surface area contributed by atoms with Gasteiger partial charge in [0.1, 0.15) is 18.8 Å². The Bertz CT molecular complexity index is 476. The summed E-state index contributed by atoms with van der Waals surface area (Å²) in [4.78, 5) is 33.9. The van der Waals surface area contributed by atoms with E-state index in [2.05, 4.69) is 0 Å². The maximum atomic E-state index is 11.5. The molecule has 9 nitrogen and oxygen atoms in total. The van der Waals surface area contributed by atoms with Gasteiger partial charge in [0.25, 0.3) is 0 Å². The molecule has 0 spiro atoms. The Morgan fingerprint density at radius 2 is 1.52 bits per heavy atom. The topological polar surface area (TPSA) is 118 Å².